The average Bonchev–Trinajstić information content (AvgIpc) is 3.53. The van der Waals surface area contributed by atoms with Crippen molar-refractivity contribution in [1.82, 2.24) is 24.8 Å². The number of aliphatic carboxylic acids is 1. The number of hydrogen-bond donors (Lipinski definition) is 2. The molecule has 1 aromatic carbocycles. The molecule has 232 valence electrons. The summed E-state index contributed by atoms with van der Waals surface area (Å²) in [6.07, 6.45) is -1.54. The maximum Gasteiger partial charge on any atom is 0.573 e. The summed E-state index contributed by atoms with van der Waals surface area (Å²) >= 11 is 7.42. The van der Waals surface area contributed by atoms with Gasteiger partial charge in [0.05, 0.1) is 12.1 Å². The summed E-state index contributed by atoms with van der Waals surface area (Å²) in [5, 5.41) is 12.2. The van der Waals surface area contributed by atoms with Crippen LogP contribution in [0.25, 0.3) is 11.3 Å². The van der Waals surface area contributed by atoms with Gasteiger partial charge in [-0.15, -0.1) is 13.2 Å². The molecule has 0 aliphatic carbocycles. The first-order valence-corrected chi connectivity index (χ1v) is 14.9. The van der Waals surface area contributed by atoms with Gasteiger partial charge < -0.3 is 20.1 Å². The standard InChI is InChI=1S/C27H30ClF4N7O3S/c1-16-3-2-5-39(16)14-20-23(17-11-18(28)13-19(12-17)42-27(30,31)32)35-26(43-20)36-24-22(29)25(34-15-33-24)38-9-7-37(8-10-38)6-4-21(40)41/h11-13,15-16H,2-10,14H2,1H3,(H,40,41)(H,33,34,35,36)/t16-/m1/s1. The maximum absolute atomic E-state index is 15.7. The van der Waals surface area contributed by atoms with E-state index in [1.807, 2.05) is 4.90 Å². The van der Waals surface area contributed by atoms with E-state index in [1.165, 1.54) is 29.8 Å². The minimum absolute atomic E-state index is 0.0379. The summed E-state index contributed by atoms with van der Waals surface area (Å²) in [7, 11) is 0. The molecule has 0 bridgehead atoms. The van der Waals surface area contributed by atoms with E-state index >= 15 is 4.39 Å². The van der Waals surface area contributed by atoms with Gasteiger partial charge in [-0.05, 0) is 44.5 Å². The van der Waals surface area contributed by atoms with Crippen LogP contribution in [0.15, 0.2) is 24.5 Å². The molecule has 0 saturated carbocycles. The van der Waals surface area contributed by atoms with Crippen molar-refractivity contribution in [2.75, 3.05) is 49.5 Å². The van der Waals surface area contributed by atoms with Gasteiger partial charge in [-0.2, -0.15) is 4.39 Å². The number of rotatable bonds is 10. The number of carboxylic acid groups (broad SMARTS) is 1. The number of carbonyl (C=O) groups is 1. The summed E-state index contributed by atoms with van der Waals surface area (Å²) in [6, 6.07) is 4.14. The van der Waals surface area contributed by atoms with Gasteiger partial charge in [-0.1, -0.05) is 22.9 Å². The summed E-state index contributed by atoms with van der Waals surface area (Å²) in [5.41, 5.74) is 0.746. The fourth-order valence-electron chi connectivity index (χ4n) is 5.25. The molecule has 10 nitrogen and oxygen atoms in total. The van der Waals surface area contributed by atoms with E-state index in [0.29, 0.717) is 61.7 Å². The van der Waals surface area contributed by atoms with Crippen molar-refractivity contribution in [1.29, 1.82) is 0 Å². The number of thiazole rings is 1. The molecule has 1 atom stereocenters. The molecule has 0 spiro atoms. The van der Waals surface area contributed by atoms with Crippen LogP contribution in [-0.2, 0) is 11.3 Å². The molecule has 0 radical (unpaired) electrons. The first kappa shape index (κ1) is 31.2. The number of piperazine rings is 1. The van der Waals surface area contributed by atoms with Gasteiger partial charge in [-0.25, -0.2) is 15.0 Å². The second kappa shape index (κ2) is 13.2. The largest absolute Gasteiger partial charge is 0.573 e. The van der Waals surface area contributed by atoms with Gasteiger partial charge in [0.2, 0.25) is 5.82 Å². The van der Waals surface area contributed by atoms with E-state index in [2.05, 4.69) is 36.8 Å². The molecule has 2 aromatic heterocycles. The van der Waals surface area contributed by atoms with Gasteiger partial charge in [-0.3, -0.25) is 14.6 Å². The fraction of sp³-hybridized carbons (Fsp3) is 0.481. The fourth-order valence-corrected chi connectivity index (χ4v) is 6.48. The number of ether oxygens (including phenoxy) is 1. The van der Waals surface area contributed by atoms with Crippen LogP contribution < -0.4 is 15.0 Å². The number of alkyl halides is 3. The van der Waals surface area contributed by atoms with E-state index in [1.54, 1.807) is 4.90 Å². The SMILES string of the molecule is C[C@@H]1CCCN1Cc1sc(Nc2ncnc(N3CCN(CCC(=O)O)CC3)c2F)nc1-c1cc(Cl)cc(OC(F)(F)F)c1. The third-order valence-corrected chi connectivity index (χ3v) is 8.60. The molecule has 0 unspecified atom stereocenters. The molecule has 43 heavy (non-hydrogen) atoms. The molecule has 2 saturated heterocycles. The van der Waals surface area contributed by atoms with Gasteiger partial charge in [0.15, 0.2) is 16.8 Å². The molecule has 5 rings (SSSR count). The van der Waals surface area contributed by atoms with Crippen molar-refractivity contribution in [3.63, 3.8) is 0 Å². The Morgan fingerprint density at radius 2 is 1.95 bits per heavy atom. The lowest BCUT2D eigenvalue weighted by Gasteiger charge is -2.35. The number of likely N-dealkylation sites (tertiary alicyclic amines) is 1. The van der Waals surface area contributed by atoms with Crippen LogP contribution in [0.1, 0.15) is 31.1 Å². The third kappa shape index (κ3) is 8.02. The number of aromatic nitrogens is 3. The van der Waals surface area contributed by atoms with Crippen LogP contribution in [0.3, 0.4) is 0 Å². The molecule has 2 aliphatic rings. The Bertz CT molecular complexity index is 1450. The number of carboxylic acids is 1. The lowest BCUT2D eigenvalue weighted by Crippen LogP contribution is -2.47. The highest BCUT2D eigenvalue weighted by Gasteiger charge is 2.32. The predicted octanol–water partition coefficient (Wildman–Crippen LogP) is 5.62. The van der Waals surface area contributed by atoms with Crippen LogP contribution in [-0.4, -0.2) is 87.5 Å². The Labute approximate surface area is 254 Å². The minimum Gasteiger partial charge on any atom is -0.481 e. The van der Waals surface area contributed by atoms with Crippen molar-refractivity contribution in [2.45, 2.75) is 45.1 Å². The van der Waals surface area contributed by atoms with Crippen LogP contribution in [0.2, 0.25) is 5.02 Å². The number of nitrogens with zero attached hydrogens (tertiary/aromatic N) is 6. The molecule has 2 fully saturated rings. The van der Waals surface area contributed by atoms with Crippen molar-refractivity contribution >= 4 is 45.7 Å². The van der Waals surface area contributed by atoms with Gasteiger partial charge >= 0.3 is 12.3 Å². The number of nitrogens with one attached hydrogen (secondary N) is 1. The molecule has 2 N–H and O–H groups in total. The van der Waals surface area contributed by atoms with Crippen LogP contribution in [0.5, 0.6) is 5.75 Å². The lowest BCUT2D eigenvalue weighted by atomic mass is 10.1. The Balaban J connectivity index is 1.40. The van der Waals surface area contributed by atoms with Gasteiger partial charge in [0.1, 0.15) is 12.1 Å². The molecular weight excluding hydrogens is 614 g/mol. The number of benzene rings is 1. The van der Waals surface area contributed by atoms with Gasteiger partial charge in [0.25, 0.3) is 0 Å². The average molecular weight is 644 g/mol. The Hall–Kier alpha value is -3.27. The highest BCUT2D eigenvalue weighted by molar-refractivity contribution is 7.16. The highest BCUT2D eigenvalue weighted by Crippen LogP contribution is 2.39. The number of hydrogen-bond acceptors (Lipinski definition) is 10. The zero-order chi connectivity index (χ0) is 30.7. The van der Waals surface area contributed by atoms with E-state index < -0.39 is 23.9 Å². The third-order valence-electron chi connectivity index (χ3n) is 7.42. The van der Waals surface area contributed by atoms with Crippen LogP contribution in [0.4, 0.5) is 34.3 Å². The summed E-state index contributed by atoms with van der Waals surface area (Å²) < 4.78 is 58.7. The van der Waals surface area contributed by atoms with Crippen molar-refractivity contribution in [3.8, 4) is 17.0 Å². The molecule has 16 heteroatoms. The highest BCUT2D eigenvalue weighted by atomic mass is 35.5. The quantitative estimate of drug-likeness (QED) is 0.271. The molecule has 2 aliphatic heterocycles. The minimum atomic E-state index is -4.89. The topological polar surface area (TPSA) is 107 Å². The smallest absolute Gasteiger partial charge is 0.481 e. The number of halogens is 5. The monoisotopic (exact) mass is 643 g/mol. The Kier molecular flexibility index (Phi) is 9.54. The van der Waals surface area contributed by atoms with Crippen molar-refractivity contribution in [2.24, 2.45) is 0 Å². The lowest BCUT2D eigenvalue weighted by molar-refractivity contribution is -0.274. The Morgan fingerprint density at radius 3 is 2.63 bits per heavy atom. The maximum atomic E-state index is 15.7. The normalized spacial score (nSPS) is 18.3. The molecule has 3 aromatic rings. The summed E-state index contributed by atoms with van der Waals surface area (Å²) in [4.78, 5) is 30.5. The molecule has 4 heterocycles. The van der Waals surface area contributed by atoms with Gasteiger partial charge in [0, 0.05) is 60.8 Å². The summed E-state index contributed by atoms with van der Waals surface area (Å²) in [5.74, 6) is -1.98. The molecule has 0 amide bonds. The second-order valence-electron chi connectivity index (χ2n) is 10.4. The van der Waals surface area contributed by atoms with Crippen LogP contribution in [0, 0.1) is 5.82 Å². The van der Waals surface area contributed by atoms with Crippen molar-refractivity contribution in [3.05, 3.63) is 40.2 Å². The van der Waals surface area contributed by atoms with Crippen LogP contribution >= 0.6 is 22.9 Å². The molecular formula is C27H30ClF4N7O3S. The predicted molar refractivity (Wildman–Crippen MR) is 155 cm³/mol. The number of anilines is 3. The van der Waals surface area contributed by atoms with E-state index in [0.717, 1.165) is 30.3 Å². The van der Waals surface area contributed by atoms with E-state index in [4.69, 9.17) is 16.7 Å². The first-order chi connectivity index (χ1) is 20.4. The Morgan fingerprint density at radius 1 is 1.19 bits per heavy atom. The zero-order valence-electron chi connectivity index (χ0n) is 23.2. The van der Waals surface area contributed by atoms with Crippen molar-refractivity contribution < 1.29 is 32.2 Å². The first-order valence-electron chi connectivity index (χ1n) is 13.7. The summed E-state index contributed by atoms with van der Waals surface area (Å²) in [6.45, 7) is 5.96. The zero-order valence-corrected chi connectivity index (χ0v) is 24.8. The van der Waals surface area contributed by atoms with E-state index in [9.17, 15) is 18.0 Å². The van der Waals surface area contributed by atoms with E-state index in [-0.39, 0.29) is 23.1 Å². The second-order valence-corrected chi connectivity index (χ2v) is 12.0.